The van der Waals surface area contributed by atoms with Crippen LogP contribution in [-0.4, -0.2) is 15.8 Å². The van der Waals surface area contributed by atoms with Gasteiger partial charge in [-0.3, -0.25) is 9.78 Å². The van der Waals surface area contributed by atoms with Gasteiger partial charge in [-0.05, 0) is 19.1 Å². The van der Waals surface area contributed by atoms with Gasteiger partial charge in [0.05, 0.1) is 0 Å². The Morgan fingerprint density at radius 3 is 3.00 bits per heavy atom. The minimum atomic E-state index is 0.163. The van der Waals surface area contributed by atoms with Crippen molar-refractivity contribution in [2.45, 2.75) is 13.3 Å². The Bertz CT molecular complexity index is 464. The van der Waals surface area contributed by atoms with E-state index in [1.165, 1.54) is 0 Å². The molecule has 0 amide bonds. The summed E-state index contributed by atoms with van der Waals surface area (Å²) >= 11 is 1.54. The van der Waals surface area contributed by atoms with Crippen LogP contribution in [0.3, 0.4) is 0 Å². The molecule has 0 unspecified atom stereocenters. The molecule has 76 valence electrons. The molecule has 0 saturated carbocycles. The Balaban J connectivity index is 2.24. The molecule has 0 atom stereocenters. The number of carbonyl (C=O) groups excluding carboxylic acids is 1. The van der Waals surface area contributed by atoms with E-state index in [2.05, 4.69) is 9.97 Å². The topological polar surface area (TPSA) is 42.9 Å². The number of hydrogen-bond donors (Lipinski definition) is 0. The first-order valence-corrected chi connectivity index (χ1v) is 5.42. The van der Waals surface area contributed by atoms with Crippen LogP contribution in [0.25, 0.3) is 10.6 Å². The number of nitrogens with zero attached hydrogens (tertiary/aromatic N) is 2. The van der Waals surface area contributed by atoms with Gasteiger partial charge in [-0.2, -0.15) is 0 Å². The van der Waals surface area contributed by atoms with Crippen LogP contribution in [0.15, 0.2) is 30.7 Å². The molecule has 2 aromatic rings. The van der Waals surface area contributed by atoms with Crippen molar-refractivity contribution in [3.05, 3.63) is 35.6 Å². The molecule has 2 aromatic heterocycles. The first-order chi connectivity index (χ1) is 7.25. The van der Waals surface area contributed by atoms with Crippen molar-refractivity contribution in [1.82, 2.24) is 9.97 Å². The molecule has 3 nitrogen and oxygen atoms in total. The SMILES string of the molecule is CC(=O)Cc1cnc(-c2cccnc2)s1. The average molecular weight is 218 g/mol. The summed E-state index contributed by atoms with van der Waals surface area (Å²) in [5.74, 6) is 0.163. The third-order valence-electron chi connectivity index (χ3n) is 1.89. The maximum absolute atomic E-state index is 10.9. The molecule has 2 heterocycles. The van der Waals surface area contributed by atoms with Crippen molar-refractivity contribution in [1.29, 1.82) is 0 Å². The molecular weight excluding hydrogens is 208 g/mol. The van der Waals surface area contributed by atoms with Crippen LogP contribution in [0.1, 0.15) is 11.8 Å². The lowest BCUT2D eigenvalue weighted by molar-refractivity contribution is -0.116. The number of rotatable bonds is 3. The Morgan fingerprint density at radius 1 is 1.47 bits per heavy atom. The molecule has 2 rings (SSSR count). The quantitative estimate of drug-likeness (QED) is 0.794. The van der Waals surface area contributed by atoms with Crippen LogP contribution in [0.4, 0.5) is 0 Å². The molecule has 0 spiro atoms. The van der Waals surface area contributed by atoms with E-state index in [-0.39, 0.29) is 5.78 Å². The van der Waals surface area contributed by atoms with Crippen molar-refractivity contribution in [3.63, 3.8) is 0 Å². The summed E-state index contributed by atoms with van der Waals surface area (Å²) in [5, 5.41) is 0.916. The van der Waals surface area contributed by atoms with E-state index in [4.69, 9.17) is 0 Å². The number of aromatic nitrogens is 2. The lowest BCUT2D eigenvalue weighted by Crippen LogP contribution is -1.92. The van der Waals surface area contributed by atoms with Crippen molar-refractivity contribution in [2.24, 2.45) is 0 Å². The first-order valence-electron chi connectivity index (χ1n) is 4.60. The number of ketones is 1. The van der Waals surface area contributed by atoms with Gasteiger partial charge in [0.25, 0.3) is 0 Å². The second-order valence-corrected chi connectivity index (χ2v) is 4.37. The standard InChI is InChI=1S/C11H10N2OS/c1-8(14)5-10-7-13-11(15-10)9-3-2-4-12-6-9/h2-4,6-7H,5H2,1H3. The largest absolute Gasteiger partial charge is 0.300 e. The minimum absolute atomic E-state index is 0.163. The van der Waals surface area contributed by atoms with E-state index in [9.17, 15) is 4.79 Å². The summed E-state index contributed by atoms with van der Waals surface area (Å²) in [5.41, 5.74) is 0.998. The molecule has 0 aliphatic heterocycles. The smallest absolute Gasteiger partial charge is 0.135 e. The Hall–Kier alpha value is -1.55. The second-order valence-electron chi connectivity index (χ2n) is 3.25. The second kappa shape index (κ2) is 4.31. The van der Waals surface area contributed by atoms with Gasteiger partial charge in [-0.25, -0.2) is 4.98 Å². The highest BCUT2D eigenvalue weighted by molar-refractivity contribution is 7.15. The van der Waals surface area contributed by atoms with Gasteiger partial charge in [-0.1, -0.05) is 0 Å². The van der Waals surface area contributed by atoms with Gasteiger partial charge in [0.1, 0.15) is 10.8 Å². The summed E-state index contributed by atoms with van der Waals surface area (Å²) < 4.78 is 0. The van der Waals surface area contributed by atoms with Crippen LogP contribution in [0, 0.1) is 0 Å². The van der Waals surface area contributed by atoms with Crippen molar-refractivity contribution >= 4 is 17.1 Å². The highest BCUT2D eigenvalue weighted by Crippen LogP contribution is 2.24. The van der Waals surface area contributed by atoms with E-state index >= 15 is 0 Å². The summed E-state index contributed by atoms with van der Waals surface area (Å²) in [7, 11) is 0. The minimum Gasteiger partial charge on any atom is -0.300 e. The number of thiazole rings is 1. The molecule has 4 heteroatoms. The molecule has 0 aliphatic rings. The van der Waals surface area contributed by atoms with Crippen molar-refractivity contribution in [3.8, 4) is 10.6 Å². The van der Waals surface area contributed by atoms with Gasteiger partial charge in [0.2, 0.25) is 0 Å². The van der Waals surface area contributed by atoms with Crippen molar-refractivity contribution < 1.29 is 4.79 Å². The highest BCUT2D eigenvalue weighted by atomic mass is 32.1. The number of pyridine rings is 1. The van der Waals surface area contributed by atoms with Gasteiger partial charge in [0, 0.05) is 35.5 Å². The zero-order valence-corrected chi connectivity index (χ0v) is 9.12. The molecule has 0 fully saturated rings. The summed E-state index contributed by atoms with van der Waals surface area (Å²) in [6.07, 6.45) is 5.73. The highest BCUT2D eigenvalue weighted by Gasteiger charge is 2.05. The van der Waals surface area contributed by atoms with E-state index < -0.39 is 0 Å². The van der Waals surface area contributed by atoms with E-state index in [0.717, 1.165) is 15.4 Å². The van der Waals surface area contributed by atoms with Crippen LogP contribution < -0.4 is 0 Å². The normalized spacial score (nSPS) is 10.2. The van der Waals surface area contributed by atoms with Gasteiger partial charge < -0.3 is 0 Å². The fraction of sp³-hybridized carbons (Fsp3) is 0.182. The summed E-state index contributed by atoms with van der Waals surface area (Å²) in [6, 6.07) is 3.84. The molecule has 15 heavy (non-hydrogen) atoms. The molecule has 0 aromatic carbocycles. The molecular formula is C11H10N2OS. The van der Waals surface area contributed by atoms with Crippen LogP contribution >= 0.6 is 11.3 Å². The number of carbonyl (C=O) groups is 1. The predicted molar refractivity (Wildman–Crippen MR) is 59.7 cm³/mol. The van der Waals surface area contributed by atoms with E-state index in [1.54, 1.807) is 36.9 Å². The lowest BCUT2D eigenvalue weighted by Gasteiger charge is -1.92. The Labute approximate surface area is 91.8 Å². The molecule has 0 saturated heterocycles. The van der Waals surface area contributed by atoms with Crippen LogP contribution in [0.5, 0.6) is 0 Å². The van der Waals surface area contributed by atoms with Gasteiger partial charge >= 0.3 is 0 Å². The maximum atomic E-state index is 10.9. The molecule has 0 radical (unpaired) electrons. The molecule has 0 bridgehead atoms. The summed E-state index contributed by atoms with van der Waals surface area (Å²) in [4.78, 5) is 20.2. The predicted octanol–water partition coefficient (Wildman–Crippen LogP) is 2.34. The zero-order chi connectivity index (χ0) is 10.7. The van der Waals surface area contributed by atoms with Crippen molar-refractivity contribution in [2.75, 3.05) is 0 Å². The monoisotopic (exact) mass is 218 g/mol. The molecule has 0 aliphatic carbocycles. The maximum Gasteiger partial charge on any atom is 0.135 e. The van der Waals surface area contributed by atoms with Gasteiger partial charge in [-0.15, -0.1) is 11.3 Å². The van der Waals surface area contributed by atoms with Crippen LogP contribution in [0.2, 0.25) is 0 Å². The summed E-state index contributed by atoms with van der Waals surface area (Å²) in [6.45, 7) is 1.59. The van der Waals surface area contributed by atoms with E-state index in [0.29, 0.717) is 6.42 Å². The fourth-order valence-electron chi connectivity index (χ4n) is 1.26. The van der Waals surface area contributed by atoms with E-state index in [1.807, 2.05) is 12.1 Å². The third-order valence-corrected chi connectivity index (χ3v) is 2.93. The Morgan fingerprint density at radius 2 is 2.33 bits per heavy atom. The van der Waals surface area contributed by atoms with Gasteiger partial charge in [0.15, 0.2) is 0 Å². The fourth-order valence-corrected chi connectivity index (χ4v) is 2.23. The van der Waals surface area contributed by atoms with Crippen LogP contribution in [-0.2, 0) is 11.2 Å². The molecule has 0 N–H and O–H groups in total. The lowest BCUT2D eigenvalue weighted by atomic mass is 10.3. The Kier molecular flexibility index (Phi) is 2.87. The number of Topliss-reactive ketones (excluding diaryl/α,β-unsaturated/α-hetero) is 1. The average Bonchev–Trinajstić information content (AvgIpc) is 2.67. The third kappa shape index (κ3) is 2.47. The first kappa shape index (κ1) is 9.98. The zero-order valence-electron chi connectivity index (χ0n) is 8.30. The number of hydrogen-bond acceptors (Lipinski definition) is 4.